The summed E-state index contributed by atoms with van der Waals surface area (Å²) in [4.78, 5) is 24.4. The van der Waals surface area contributed by atoms with Crippen molar-refractivity contribution in [1.29, 1.82) is 0 Å². The number of aryl methyl sites for hydroxylation is 2. The number of phosphoric acid groups is 3. The number of hydrogen-bond acceptors (Lipinski definition) is 10. The number of aromatic nitrogens is 4. The molecule has 14 nitrogen and oxygen atoms in total. The van der Waals surface area contributed by atoms with E-state index in [4.69, 9.17) is 9.79 Å². The van der Waals surface area contributed by atoms with Crippen LogP contribution >= 0.6 is 23.5 Å². The monoisotopic (exact) mass is 860 g/mol. The Hall–Kier alpha value is -2.22. The molecule has 0 aliphatic rings. The maximum Gasteiger partial charge on any atom is 0.497 e. The molecular weight excluding hydrogens is 834 g/mol. The molecule has 0 saturated heterocycles. The predicted octanol–water partition coefficient (Wildman–Crippen LogP) is 9.21. The largest absolute Gasteiger partial charge is 0.497 e. The van der Waals surface area contributed by atoms with Crippen molar-refractivity contribution in [1.82, 2.24) is 19.1 Å². The fraction of sp³-hybridized carbons (Fsp3) is 0.700. The lowest BCUT2D eigenvalue weighted by molar-refractivity contribution is -0.386. The Morgan fingerprint density at radius 2 is 0.865 bits per heavy atom. The third-order valence-electron chi connectivity index (χ3n) is 4.73. The van der Waals surface area contributed by atoms with E-state index in [0.717, 1.165) is 13.1 Å². The zero-order valence-corrected chi connectivity index (χ0v) is 28.4. The second-order valence-electron chi connectivity index (χ2n) is 9.17. The summed E-state index contributed by atoms with van der Waals surface area (Å²) in [7, 11) is -23.5. The first-order chi connectivity index (χ1) is 23.1. The molecular formula is C20H26F15N4O10P3. The summed E-state index contributed by atoms with van der Waals surface area (Å²) in [6.07, 6.45) is -27.1. The second kappa shape index (κ2) is 18.9. The Bertz CT molecular complexity index is 1400. The van der Waals surface area contributed by atoms with Crippen LogP contribution in [0, 0.1) is 0 Å². The fourth-order valence-electron chi connectivity index (χ4n) is 2.45. The van der Waals surface area contributed by atoms with Crippen LogP contribution in [0.2, 0.25) is 0 Å². The van der Waals surface area contributed by atoms with Crippen LogP contribution in [0.15, 0.2) is 37.4 Å². The van der Waals surface area contributed by atoms with E-state index in [0.29, 0.717) is 0 Å². The highest BCUT2D eigenvalue weighted by atomic mass is 31.3. The van der Waals surface area contributed by atoms with E-state index in [1.165, 1.54) is 25.7 Å². The van der Waals surface area contributed by atoms with E-state index < -0.39 is 60.3 Å². The summed E-state index contributed by atoms with van der Waals surface area (Å²) in [5.74, 6) is 0. The molecule has 0 amide bonds. The van der Waals surface area contributed by atoms with Crippen LogP contribution in [0.5, 0.6) is 0 Å². The van der Waals surface area contributed by atoms with Gasteiger partial charge in [0, 0.05) is 37.9 Å². The molecule has 2 aromatic heterocycles. The van der Waals surface area contributed by atoms with Crippen LogP contribution in [0.25, 0.3) is 0 Å². The topological polar surface area (TPSA) is 173 Å². The van der Waals surface area contributed by atoms with E-state index >= 15 is 0 Å². The van der Waals surface area contributed by atoms with E-state index in [9.17, 15) is 79.6 Å². The summed E-state index contributed by atoms with van der Waals surface area (Å²) < 4.78 is 235. The molecule has 306 valence electrons. The average molecular weight is 860 g/mol. The van der Waals surface area contributed by atoms with Gasteiger partial charge in [0.15, 0.2) is 0 Å². The van der Waals surface area contributed by atoms with Crippen LogP contribution in [-0.4, -0.2) is 65.7 Å². The molecule has 0 spiro atoms. The molecule has 0 bridgehead atoms. The molecule has 2 N–H and O–H groups in total. The van der Waals surface area contributed by atoms with E-state index in [-0.39, 0.29) is 0 Å². The van der Waals surface area contributed by atoms with Gasteiger partial charge in [-0.2, -0.15) is 74.5 Å². The molecule has 2 rings (SSSR count). The van der Waals surface area contributed by atoms with Gasteiger partial charge in [0.25, 0.3) is 0 Å². The molecule has 0 fully saturated rings. The van der Waals surface area contributed by atoms with Crippen molar-refractivity contribution in [2.24, 2.45) is 0 Å². The van der Waals surface area contributed by atoms with Crippen molar-refractivity contribution in [3.8, 4) is 0 Å². The first-order valence-corrected chi connectivity index (χ1v) is 17.7. The molecule has 0 aliphatic carbocycles. The van der Waals surface area contributed by atoms with E-state index in [1.807, 2.05) is 51.0 Å². The molecule has 0 radical (unpaired) electrons. The first kappa shape index (κ1) is 49.8. The number of alkyl halides is 15. The first-order valence-electron chi connectivity index (χ1n) is 13.2. The normalized spacial score (nSPS) is 14.9. The second-order valence-corrected chi connectivity index (χ2v) is 13.8. The zero-order valence-electron chi connectivity index (χ0n) is 25.7. The van der Waals surface area contributed by atoms with Crippen LogP contribution in [0.4, 0.5) is 65.9 Å². The average Bonchev–Trinajstić information content (AvgIpc) is 3.61. The fourth-order valence-corrected chi connectivity index (χ4v) is 6.58. The molecule has 2 heterocycles. The minimum atomic E-state index is -8.50. The highest BCUT2D eigenvalue weighted by Crippen LogP contribution is 2.75. The van der Waals surface area contributed by atoms with Crippen molar-refractivity contribution in [2.45, 2.75) is 89.5 Å². The standard InChI is InChI=1S/2C7H12N2.C6H2F15O10P3/c2*1-2-3-5-9-6-4-8-7-9;7-1(8,9)4(16,17)27-33(25,28-5(18,19)2(10,11)12)31-34(26,30-32(22,23)24)29-6(20,21)3(13,14)15/h2*4,6-7H,2-3,5H2,1H3;(H2,22,23,24). The van der Waals surface area contributed by atoms with Crippen molar-refractivity contribution < 1.29 is 112 Å². The Balaban J connectivity index is 0.00000115. The Morgan fingerprint density at radius 3 is 1.10 bits per heavy atom. The Kier molecular flexibility index (Phi) is 18.1. The van der Waals surface area contributed by atoms with E-state index in [2.05, 4.69) is 41.6 Å². The number of hydrogen-bond donors (Lipinski definition) is 2. The van der Waals surface area contributed by atoms with E-state index in [1.54, 1.807) is 0 Å². The smallest absolute Gasteiger partial charge is 0.337 e. The van der Waals surface area contributed by atoms with Gasteiger partial charge in [-0.3, -0.25) is 0 Å². The molecule has 2 aromatic rings. The van der Waals surface area contributed by atoms with Crippen LogP contribution in [0.1, 0.15) is 39.5 Å². The lowest BCUT2D eigenvalue weighted by Gasteiger charge is -2.30. The lowest BCUT2D eigenvalue weighted by atomic mass is 10.3. The van der Waals surface area contributed by atoms with Crippen molar-refractivity contribution in [2.75, 3.05) is 0 Å². The van der Waals surface area contributed by atoms with Gasteiger partial charge in [0.2, 0.25) is 0 Å². The molecule has 0 saturated carbocycles. The number of phosphoric ester groups is 1. The molecule has 0 aromatic carbocycles. The van der Waals surface area contributed by atoms with Crippen molar-refractivity contribution in [3.05, 3.63) is 37.4 Å². The van der Waals surface area contributed by atoms with Gasteiger partial charge in [-0.05, 0) is 12.8 Å². The van der Waals surface area contributed by atoms with Gasteiger partial charge in [0.1, 0.15) is 0 Å². The minimum absolute atomic E-state index is 1.11. The number of imidazole rings is 2. The molecule has 1 unspecified atom stereocenters. The predicted molar refractivity (Wildman–Crippen MR) is 140 cm³/mol. The Labute approximate surface area is 281 Å². The third kappa shape index (κ3) is 17.7. The highest BCUT2D eigenvalue weighted by Gasteiger charge is 2.71. The van der Waals surface area contributed by atoms with Gasteiger partial charge in [-0.1, -0.05) is 26.7 Å². The van der Waals surface area contributed by atoms with Crippen LogP contribution in [0.3, 0.4) is 0 Å². The van der Waals surface area contributed by atoms with Gasteiger partial charge >= 0.3 is 60.3 Å². The van der Waals surface area contributed by atoms with Crippen molar-refractivity contribution >= 4 is 23.5 Å². The van der Waals surface area contributed by atoms with Gasteiger partial charge in [0.05, 0.1) is 12.7 Å². The number of halogens is 15. The number of unbranched alkanes of at least 4 members (excludes halogenated alkanes) is 2. The maximum atomic E-state index is 12.9. The minimum Gasteiger partial charge on any atom is -0.337 e. The van der Waals surface area contributed by atoms with Gasteiger partial charge in [-0.15, -0.1) is 0 Å². The van der Waals surface area contributed by atoms with Gasteiger partial charge in [-0.25, -0.2) is 37.2 Å². The quantitative estimate of drug-likeness (QED) is 0.121. The van der Waals surface area contributed by atoms with Crippen LogP contribution in [-0.2, 0) is 49.0 Å². The summed E-state index contributed by atoms with van der Waals surface area (Å²) in [5.41, 5.74) is 0. The zero-order chi connectivity index (χ0) is 41.1. The number of nitrogens with zero attached hydrogens (tertiary/aromatic N) is 4. The SMILES string of the molecule is CCCCn1ccnc1.CCCCn1ccnc1.O=P(O)(O)OP(=O)(OC(F)(F)C(F)(F)F)OP(=O)(OC(F)(F)C(F)(F)F)OC(F)(F)C(F)(F)F. The molecule has 1 atom stereocenters. The maximum absolute atomic E-state index is 12.9. The summed E-state index contributed by atoms with van der Waals surface area (Å²) in [5, 5.41) is 0. The highest BCUT2D eigenvalue weighted by molar-refractivity contribution is 7.67. The summed E-state index contributed by atoms with van der Waals surface area (Å²) >= 11 is 0. The summed E-state index contributed by atoms with van der Waals surface area (Å²) in [6.45, 7) is 6.60. The van der Waals surface area contributed by atoms with Crippen LogP contribution < -0.4 is 0 Å². The molecule has 0 aliphatic heterocycles. The third-order valence-corrected chi connectivity index (χ3v) is 9.34. The van der Waals surface area contributed by atoms with Gasteiger partial charge < -0.3 is 18.9 Å². The molecule has 52 heavy (non-hydrogen) atoms. The lowest BCUT2D eigenvalue weighted by Crippen LogP contribution is -2.42. The molecule has 32 heteroatoms. The summed E-state index contributed by atoms with van der Waals surface area (Å²) in [6, 6.07) is 0. The Morgan fingerprint density at radius 1 is 0.558 bits per heavy atom. The van der Waals surface area contributed by atoms with Crippen molar-refractivity contribution in [3.63, 3.8) is 0 Å². The number of rotatable bonds is 16.